The van der Waals surface area contributed by atoms with Crippen molar-refractivity contribution in [3.63, 3.8) is 0 Å². The minimum absolute atomic E-state index is 0.171. The quantitative estimate of drug-likeness (QED) is 0.826. The Morgan fingerprint density at radius 1 is 1.33 bits per heavy atom. The van der Waals surface area contributed by atoms with Gasteiger partial charge >= 0.3 is 0 Å². The number of aromatic nitrogens is 5. The summed E-state index contributed by atoms with van der Waals surface area (Å²) < 4.78 is 3.97. The van der Waals surface area contributed by atoms with Crippen molar-refractivity contribution < 1.29 is 0 Å². The number of hydrogen-bond acceptors (Lipinski definition) is 4. The Labute approximate surface area is 107 Å². The second-order valence-corrected chi connectivity index (χ2v) is 4.20. The monoisotopic (exact) mass is 248 g/mol. The summed E-state index contributed by atoms with van der Waals surface area (Å²) in [6.45, 7) is 5.91. The van der Waals surface area contributed by atoms with Gasteiger partial charge in [0.15, 0.2) is 0 Å². The first-order valence-corrected chi connectivity index (χ1v) is 6.33. The van der Waals surface area contributed by atoms with Gasteiger partial charge in [-0.15, -0.1) is 0 Å². The average Bonchev–Trinajstić information content (AvgIpc) is 2.97. The van der Waals surface area contributed by atoms with Gasteiger partial charge in [0.2, 0.25) is 0 Å². The Morgan fingerprint density at radius 2 is 2.17 bits per heavy atom. The van der Waals surface area contributed by atoms with E-state index in [1.165, 1.54) is 0 Å². The number of likely N-dealkylation sites (N-methyl/N-ethyl adjacent to an activating group) is 1. The number of nitrogens with one attached hydrogen (secondary N) is 1. The molecule has 0 saturated heterocycles. The predicted octanol–water partition coefficient (Wildman–Crippen LogP) is 0.925. The molecule has 0 aliphatic heterocycles. The van der Waals surface area contributed by atoms with Crippen LogP contribution in [0.25, 0.3) is 0 Å². The molecule has 0 aliphatic carbocycles. The molecule has 0 spiro atoms. The number of aryl methyl sites for hydroxylation is 2. The Kier molecular flexibility index (Phi) is 4.09. The molecule has 6 heteroatoms. The molecule has 2 heterocycles. The molecule has 2 aromatic rings. The second kappa shape index (κ2) is 5.77. The lowest BCUT2D eigenvalue weighted by Crippen LogP contribution is -2.27. The van der Waals surface area contributed by atoms with Gasteiger partial charge in [-0.1, -0.05) is 6.92 Å². The van der Waals surface area contributed by atoms with Crippen LogP contribution in [0.4, 0.5) is 0 Å². The summed E-state index contributed by atoms with van der Waals surface area (Å²) in [6, 6.07) is 0.171. The van der Waals surface area contributed by atoms with E-state index in [0.717, 1.165) is 31.2 Å². The molecule has 6 nitrogen and oxygen atoms in total. The van der Waals surface area contributed by atoms with Crippen LogP contribution in [0, 0.1) is 0 Å². The third-order valence-corrected chi connectivity index (χ3v) is 3.00. The van der Waals surface area contributed by atoms with Crippen LogP contribution in [-0.4, -0.2) is 30.9 Å². The first-order chi connectivity index (χ1) is 8.76. The van der Waals surface area contributed by atoms with Gasteiger partial charge in [-0.2, -0.15) is 5.10 Å². The van der Waals surface area contributed by atoms with Gasteiger partial charge in [0.05, 0.1) is 6.04 Å². The van der Waals surface area contributed by atoms with Crippen molar-refractivity contribution in [2.24, 2.45) is 7.05 Å². The van der Waals surface area contributed by atoms with Gasteiger partial charge in [-0.25, -0.2) is 9.97 Å². The Hall–Kier alpha value is -1.69. The minimum atomic E-state index is 0.171. The maximum absolute atomic E-state index is 4.41. The number of rotatable bonds is 6. The molecular formula is C12H20N6. The fraction of sp³-hybridized carbons (Fsp3) is 0.583. The molecule has 1 atom stereocenters. The van der Waals surface area contributed by atoms with Crippen LogP contribution in [0.1, 0.15) is 31.5 Å². The molecule has 0 saturated carbocycles. The van der Waals surface area contributed by atoms with E-state index < -0.39 is 0 Å². The first kappa shape index (κ1) is 12.8. The highest BCUT2D eigenvalue weighted by molar-refractivity contribution is 5.03. The van der Waals surface area contributed by atoms with Crippen LogP contribution in [0.3, 0.4) is 0 Å². The lowest BCUT2D eigenvalue weighted by atomic mass is 10.2. The Morgan fingerprint density at radius 3 is 2.78 bits per heavy atom. The maximum Gasteiger partial charge on any atom is 0.138 e. The van der Waals surface area contributed by atoms with Crippen LogP contribution in [-0.2, 0) is 20.0 Å². The van der Waals surface area contributed by atoms with Crippen molar-refractivity contribution in [1.29, 1.82) is 0 Å². The SMILES string of the molecule is CCNC(Cc1ncnn1CC)c1nccn1C. The van der Waals surface area contributed by atoms with Crippen molar-refractivity contribution in [3.8, 4) is 0 Å². The molecule has 0 bridgehead atoms. The third-order valence-electron chi connectivity index (χ3n) is 3.00. The third kappa shape index (κ3) is 2.59. The predicted molar refractivity (Wildman–Crippen MR) is 69.0 cm³/mol. The van der Waals surface area contributed by atoms with Crippen molar-refractivity contribution >= 4 is 0 Å². The topological polar surface area (TPSA) is 60.6 Å². The van der Waals surface area contributed by atoms with Gasteiger partial charge in [-0.3, -0.25) is 4.68 Å². The molecule has 2 rings (SSSR count). The molecule has 18 heavy (non-hydrogen) atoms. The molecule has 0 aromatic carbocycles. The fourth-order valence-electron chi connectivity index (χ4n) is 2.11. The lowest BCUT2D eigenvalue weighted by Gasteiger charge is -2.17. The summed E-state index contributed by atoms with van der Waals surface area (Å²) in [7, 11) is 2.01. The van der Waals surface area contributed by atoms with Gasteiger partial charge < -0.3 is 9.88 Å². The minimum Gasteiger partial charge on any atom is -0.337 e. The summed E-state index contributed by atoms with van der Waals surface area (Å²) >= 11 is 0. The van der Waals surface area contributed by atoms with Crippen molar-refractivity contribution in [2.75, 3.05) is 6.54 Å². The Balaban J connectivity index is 2.19. The first-order valence-electron chi connectivity index (χ1n) is 6.33. The molecule has 98 valence electrons. The summed E-state index contributed by atoms with van der Waals surface area (Å²) in [4.78, 5) is 8.74. The number of hydrogen-bond donors (Lipinski definition) is 1. The zero-order valence-corrected chi connectivity index (χ0v) is 11.2. The van der Waals surface area contributed by atoms with Gasteiger partial charge in [0.25, 0.3) is 0 Å². The lowest BCUT2D eigenvalue weighted by molar-refractivity contribution is 0.478. The summed E-state index contributed by atoms with van der Waals surface area (Å²) in [5.41, 5.74) is 0. The Bertz CT molecular complexity index is 486. The van der Waals surface area contributed by atoms with E-state index in [1.807, 2.05) is 28.7 Å². The smallest absolute Gasteiger partial charge is 0.138 e. The van der Waals surface area contributed by atoms with Crippen molar-refractivity contribution in [1.82, 2.24) is 29.6 Å². The van der Waals surface area contributed by atoms with E-state index in [1.54, 1.807) is 6.33 Å². The van der Waals surface area contributed by atoms with E-state index >= 15 is 0 Å². The summed E-state index contributed by atoms with van der Waals surface area (Å²) in [6.07, 6.45) is 6.20. The highest BCUT2D eigenvalue weighted by Crippen LogP contribution is 2.15. The summed E-state index contributed by atoms with van der Waals surface area (Å²) in [5.74, 6) is 2.02. The van der Waals surface area contributed by atoms with E-state index in [0.29, 0.717) is 0 Å². The summed E-state index contributed by atoms with van der Waals surface area (Å²) in [5, 5.41) is 7.65. The molecule has 1 unspecified atom stereocenters. The number of imidazole rings is 1. The second-order valence-electron chi connectivity index (χ2n) is 4.20. The zero-order chi connectivity index (χ0) is 13.0. The van der Waals surface area contributed by atoms with Crippen LogP contribution in [0.15, 0.2) is 18.7 Å². The average molecular weight is 248 g/mol. The standard InChI is InChI=1S/C12H20N6/c1-4-13-10(12-14-6-7-17(12)3)8-11-15-9-16-18(11)5-2/h6-7,9-10,13H,4-5,8H2,1-3H3. The molecule has 0 fully saturated rings. The van der Waals surface area contributed by atoms with Gasteiger partial charge in [-0.05, 0) is 13.5 Å². The van der Waals surface area contributed by atoms with E-state index in [-0.39, 0.29) is 6.04 Å². The molecule has 1 N–H and O–H groups in total. The van der Waals surface area contributed by atoms with Crippen LogP contribution in [0.2, 0.25) is 0 Å². The van der Waals surface area contributed by atoms with Gasteiger partial charge in [0, 0.05) is 32.4 Å². The van der Waals surface area contributed by atoms with Crippen molar-refractivity contribution in [2.45, 2.75) is 32.9 Å². The maximum atomic E-state index is 4.41. The highest BCUT2D eigenvalue weighted by Gasteiger charge is 2.18. The highest BCUT2D eigenvalue weighted by atomic mass is 15.3. The van der Waals surface area contributed by atoms with E-state index in [4.69, 9.17) is 0 Å². The largest absolute Gasteiger partial charge is 0.337 e. The van der Waals surface area contributed by atoms with Crippen LogP contribution < -0.4 is 5.32 Å². The van der Waals surface area contributed by atoms with Crippen LogP contribution >= 0.6 is 0 Å². The number of nitrogens with zero attached hydrogens (tertiary/aromatic N) is 5. The van der Waals surface area contributed by atoms with E-state index in [2.05, 4.69) is 34.2 Å². The fourth-order valence-corrected chi connectivity index (χ4v) is 2.11. The molecule has 0 radical (unpaired) electrons. The molecule has 0 amide bonds. The van der Waals surface area contributed by atoms with Crippen molar-refractivity contribution in [3.05, 3.63) is 30.4 Å². The molecule has 2 aromatic heterocycles. The van der Waals surface area contributed by atoms with Gasteiger partial charge in [0.1, 0.15) is 18.0 Å². The van der Waals surface area contributed by atoms with E-state index in [9.17, 15) is 0 Å². The van der Waals surface area contributed by atoms with Crippen LogP contribution in [0.5, 0.6) is 0 Å². The normalized spacial score (nSPS) is 12.8. The molecular weight excluding hydrogens is 228 g/mol. The molecule has 0 aliphatic rings. The zero-order valence-electron chi connectivity index (χ0n) is 11.2.